The van der Waals surface area contributed by atoms with E-state index in [0.717, 1.165) is 12.8 Å². The van der Waals surface area contributed by atoms with Crippen molar-refractivity contribution in [3.05, 3.63) is 0 Å². The first kappa shape index (κ1) is 19.1. The number of ether oxygens (including phenoxy) is 1. The van der Waals surface area contributed by atoms with Gasteiger partial charge in [0.2, 0.25) is 0 Å². The van der Waals surface area contributed by atoms with Gasteiger partial charge in [-0.25, -0.2) is 0 Å². The normalized spacial score (nSPS) is 9.38. The molecule has 0 bridgehead atoms. The summed E-state index contributed by atoms with van der Waals surface area (Å²) in [7, 11) is 0. The van der Waals surface area contributed by atoms with Gasteiger partial charge in [-0.3, -0.25) is 9.59 Å². The van der Waals surface area contributed by atoms with E-state index in [1.165, 1.54) is 32.6 Å². The summed E-state index contributed by atoms with van der Waals surface area (Å²) in [6.45, 7) is 4.04. The van der Waals surface area contributed by atoms with E-state index in [1.807, 2.05) is 0 Å². The average Bonchev–Trinajstić information content (AvgIpc) is 2.15. The third-order valence-electron chi connectivity index (χ3n) is 2.15. The van der Waals surface area contributed by atoms with Gasteiger partial charge in [0, 0.05) is 51.4 Å². The zero-order chi connectivity index (χ0) is 11.5. The van der Waals surface area contributed by atoms with Crippen molar-refractivity contribution in [2.75, 3.05) is 6.61 Å². The van der Waals surface area contributed by atoms with Crippen LogP contribution in [0.15, 0.2) is 0 Å². The number of carbonyl (C=O) groups is 2. The predicted octanol–water partition coefficient (Wildman–Crippen LogP) is 2.49. The number of ketones is 1. The number of hydrogen-bond acceptors (Lipinski definition) is 3. The van der Waals surface area contributed by atoms with Gasteiger partial charge in [-0.1, -0.05) is 39.0 Å². The van der Waals surface area contributed by atoms with Gasteiger partial charge in [0.25, 0.3) is 0 Å². The molecule has 0 N–H and O–H groups in total. The van der Waals surface area contributed by atoms with Crippen molar-refractivity contribution in [3.8, 4) is 0 Å². The molecule has 0 saturated carbocycles. The Morgan fingerprint density at radius 1 is 1.00 bits per heavy atom. The van der Waals surface area contributed by atoms with Crippen LogP contribution in [-0.4, -0.2) is 69.7 Å². The third-order valence-corrected chi connectivity index (χ3v) is 2.15. The Balaban J connectivity index is 0. The van der Waals surface area contributed by atoms with Crippen molar-refractivity contribution in [2.45, 2.75) is 58.8 Å². The predicted molar refractivity (Wildman–Crippen MR) is 65.4 cm³/mol. The van der Waals surface area contributed by atoms with Crippen LogP contribution in [0.5, 0.6) is 0 Å². The minimum absolute atomic E-state index is 0. The van der Waals surface area contributed by atoms with E-state index in [4.69, 9.17) is 4.74 Å². The minimum atomic E-state index is -0.393. The molecule has 0 aliphatic carbocycles. The van der Waals surface area contributed by atoms with Gasteiger partial charge < -0.3 is 4.74 Å². The SMILES string of the molecule is CCCCCCCCOC(=O)CC(C)=O.[K]. The van der Waals surface area contributed by atoms with Crippen LogP contribution in [0.2, 0.25) is 0 Å². The molecule has 0 spiro atoms. The monoisotopic (exact) mass is 253 g/mol. The molecule has 0 saturated heterocycles. The quantitative estimate of drug-likeness (QED) is 0.274. The maximum Gasteiger partial charge on any atom is 0.313 e. The maximum atomic E-state index is 10.9. The van der Waals surface area contributed by atoms with Crippen LogP contribution in [0.3, 0.4) is 0 Å². The zero-order valence-electron chi connectivity index (χ0n) is 10.9. The molecule has 4 heteroatoms. The number of unbranched alkanes of at least 4 members (excludes halogenated alkanes) is 5. The molecule has 0 aliphatic heterocycles. The van der Waals surface area contributed by atoms with E-state index in [9.17, 15) is 9.59 Å². The topological polar surface area (TPSA) is 43.4 Å². The number of esters is 1. The second kappa shape index (κ2) is 13.8. The molecule has 0 heterocycles. The van der Waals surface area contributed by atoms with Crippen molar-refractivity contribution in [1.29, 1.82) is 0 Å². The summed E-state index contributed by atoms with van der Waals surface area (Å²) in [6, 6.07) is 0. The third kappa shape index (κ3) is 14.8. The Morgan fingerprint density at radius 2 is 1.56 bits per heavy atom. The molecule has 0 unspecified atom stereocenters. The summed E-state index contributed by atoms with van der Waals surface area (Å²) < 4.78 is 4.90. The van der Waals surface area contributed by atoms with Gasteiger partial charge in [-0.15, -0.1) is 0 Å². The standard InChI is InChI=1S/C12H22O3.K/c1-3-4-5-6-7-8-9-15-12(14)10-11(2)13;/h3-10H2,1-2H3;. The largest absolute Gasteiger partial charge is 0.465 e. The Kier molecular flexibility index (Phi) is 16.5. The Labute approximate surface area is 141 Å². The van der Waals surface area contributed by atoms with E-state index in [-0.39, 0.29) is 63.6 Å². The van der Waals surface area contributed by atoms with Crippen LogP contribution < -0.4 is 0 Å². The first-order valence-corrected chi connectivity index (χ1v) is 5.82. The maximum absolute atomic E-state index is 10.9. The Hall–Kier alpha value is 0.776. The molecule has 0 aromatic rings. The molecule has 0 aliphatic rings. The van der Waals surface area contributed by atoms with Gasteiger partial charge in [0.1, 0.15) is 12.2 Å². The fraction of sp³-hybridized carbons (Fsp3) is 0.833. The number of carbonyl (C=O) groups excluding carboxylic acids is 2. The molecule has 0 rings (SSSR count). The molecule has 89 valence electrons. The molecule has 16 heavy (non-hydrogen) atoms. The zero-order valence-corrected chi connectivity index (χ0v) is 14.0. The summed E-state index contributed by atoms with van der Waals surface area (Å²) in [4.78, 5) is 21.5. The van der Waals surface area contributed by atoms with Crippen LogP contribution in [0.4, 0.5) is 0 Å². The minimum Gasteiger partial charge on any atom is -0.465 e. The number of Topliss-reactive ketones (excluding diaryl/α,β-unsaturated/α-hetero) is 1. The van der Waals surface area contributed by atoms with Crippen molar-refractivity contribution in [1.82, 2.24) is 0 Å². The molecule has 0 aromatic carbocycles. The molecule has 0 fully saturated rings. The fourth-order valence-corrected chi connectivity index (χ4v) is 1.32. The van der Waals surface area contributed by atoms with E-state index in [0.29, 0.717) is 6.61 Å². The summed E-state index contributed by atoms with van der Waals surface area (Å²) in [5, 5.41) is 0. The Morgan fingerprint density at radius 3 is 2.12 bits per heavy atom. The summed E-state index contributed by atoms with van der Waals surface area (Å²) in [5.41, 5.74) is 0. The van der Waals surface area contributed by atoms with E-state index in [2.05, 4.69) is 6.92 Å². The average molecular weight is 253 g/mol. The van der Waals surface area contributed by atoms with Gasteiger partial charge in [-0.2, -0.15) is 0 Å². The van der Waals surface area contributed by atoms with Crippen molar-refractivity contribution in [3.63, 3.8) is 0 Å². The number of hydrogen-bond donors (Lipinski definition) is 0. The molecule has 0 amide bonds. The van der Waals surface area contributed by atoms with Gasteiger partial charge in [0.15, 0.2) is 0 Å². The molecular formula is C12H22KO3. The summed E-state index contributed by atoms with van der Waals surface area (Å²) in [5.74, 6) is -0.529. The number of rotatable bonds is 9. The smallest absolute Gasteiger partial charge is 0.313 e. The molecule has 1 radical (unpaired) electrons. The van der Waals surface area contributed by atoms with Gasteiger partial charge in [-0.05, 0) is 13.3 Å². The van der Waals surface area contributed by atoms with Crippen LogP contribution in [0, 0.1) is 0 Å². The van der Waals surface area contributed by atoms with E-state index >= 15 is 0 Å². The second-order valence-electron chi connectivity index (χ2n) is 3.87. The van der Waals surface area contributed by atoms with Crippen LogP contribution >= 0.6 is 0 Å². The summed E-state index contributed by atoms with van der Waals surface area (Å²) in [6.07, 6.45) is 6.92. The molecule has 3 nitrogen and oxygen atoms in total. The summed E-state index contributed by atoms with van der Waals surface area (Å²) >= 11 is 0. The second-order valence-corrected chi connectivity index (χ2v) is 3.87. The van der Waals surface area contributed by atoms with Crippen LogP contribution in [0.25, 0.3) is 0 Å². The van der Waals surface area contributed by atoms with Crippen molar-refractivity contribution in [2.24, 2.45) is 0 Å². The van der Waals surface area contributed by atoms with Crippen LogP contribution in [-0.2, 0) is 14.3 Å². The molecule has 0 aromatic heterocycles. The molecular weight excluding hydrogens is 231 g/mol. The van der Waals surface area contributed by atoms with Crippen LogP contribution in [0.1, 0.15) is 58.8 Å². The van der Waals surface area contributed by atoms with Crippen molar-refractivity contribution < 1.29 is 14.3 Å². The van der Waals surface area contributed by atoms with Gasteiger partial charge in [0.05, 0.1) is 6.61 Å². The van der Waals surface area contributed by atoms with E-state index in [1.54, 1.807) is 0 Å². The van der Waals surface area contributed by atoms with Crippen molar-refractivity contribution >= 4 is 63.1 Å². The first-order valence-electron chi connectivity index (χ1n) is 5.82. The van der Waals surface area contributed by atoms with E-state index < -0.39 is 5.97 Å². The Bertz CT molecular complexity index is 193. The molecule has 0 atom stereocenters. The fourth-order valence-electron chi connectivity index (χ4n) is 1.32. The van der Waals surface area contributed by atoms with Gasteiger partial charge >= 0.3 is 5.97 Å². The first-order chi connectivity index (χ1) is 7.16.